The molecule has 4 rings (SSSR count). The number of imide groups is 1. The third kappa shape index (κ3) is 6.99. The number of rotatable bonds is 10. The van der Waals surface area contributed by atoms with Crippen LogP contribution in [-0.4, -0.2) is 44.2 Å². The zero-order valence-electron chi connectivity index (χ0n) is 22.4. The van der Waals surface area contributed by atoms with E-state index in [4.69, 9.17) is 13.7 Å². The zero-order chi connectivity index (χ0) is 29.0. The van der Waals surface area contributed by atoms with E-state index in [1.165, 1.54) is 12.1 Å². The maximum absolute atomic E-state index is 13.0. The molecule has 0 aliphatic carbocycles. The molecule has 1 aliphatic rings. The molecular formula is C29H28INO7S2. The molecule has 0 saturated carbocycles. The van der Waals surface area contributed by atoms with Crippen LogP contribution in [0, 0.1) is 24.3 Å². The first-order chi connectivity index (χ1) is 19.0. The molecule has 0 radical (unpaired) electrons. The second-order valence-electron chi connectivity index (χ2n) is 9.06. The van der Waals surface area contributed by atoms with Gasteiger partial charge >= 0.3 is 10.1 Å². The first kappa shape index (κ1) is 29.9. The molecule has 1 heterocycles. The van der Waals surface area contributed by atoms with Gasteiger partial charge < -0.3 is 13.7 Å². The highest BCUT2D eigenvalue weighted by Crippen LogP contribution is 2.39. The molecule has 0 aromatic heterocycles. The number of nitrogens with zero attached hydrogens (tertiary/aromatic N) is 1. The monoisotopic (exact) mass is 693 g/mol. The molecule has 1 aliphatic heterocycles. The van der Waals surface area contributed by atoms with Crippen molar-refractivity contribution in [1.29, 1.82) is 0 Å². The van der Waals surface area contributed by atoms with Crippen molar-refractivity contribution in [3.05, 3.63) is 85.3 Å². The molecule has 1 fully saturated rings. The normalized spacial score (nSPS) is 14.6. The van der Waals surface area contributed by atoms with Crippen molar-refractivity contribution in [3.63, 3.8) is 0 Å². The maximum Gasteiger partial charge on any atom is 0.339 e. The highest BCUT2D eigenvalue weighted by Gasteiger charge is 2.35. The van der Waals surface area contributed by atoms with Crippen LogP contribution in [0.2, 0.25) is 0 Å². The van der Waals surface area contributed by atoms with Crippen LogP contribution in [0.4, 0.5) is 4.79 Å². The molecular weight excluding hydrogens is 665 g/mol. The number of benzene rings is 3. The van der Waals surface area contributed by atoms with E-state index in [0.29, 0.717) is 14.9 Å². The predicted octanol–water partition coefficient (Wildman–Crippen LogP) is 6.50. The Morgan fingerprint density at radius 3 is 2.33 bits per heavy atom. The molecule has 210 valence electrons. The average molecular weight is 694 g/mol. The van der Waals surface area contributed by atoms with E-state index in [2.05, 4.69) is 0 Å². The molecule has 3 aromatic carbocycles. The molecule has 8 nitrogen and oxygen atoms in total. The van der Waals surface area contributed by atoms with Gasteiger partial charge in [-0.1, -0.05) is 29.8 Å². The molecule has 11 heteroatoms. The van der Waals surface area contributed by atoms with Crippen molar-refractivity contribution in [2.75, 3.05) is 19.8 Å². The number of carbonyl (C=O) groups is 2. The third-order valence-electron chi connectivity index (χ3n) is 5.92. The highest BCUT2D eigenvalue weighted by atomic mass is 127. The van der Waals surface area contributed by atoms with E-state index in [1.807, 2.05) is 61.6 Å². The third-order valence-corrected chi connectivity index (χ3v) is 8.87. The second kappa shape index (κ2) is 12.6. The molecule has 0 atom stereocenters. The lowest BCUT2D eigenvalue weighted by Crippen LogP contribution is -2.32. The van der Waals surface area contributed by atoms with Gasteiger partial charge in [0.05, 0.1) is 21.6 Å². The van der Waals surface area contributed by atoms with Crippen LogP contribution in [0.1, 0.15) is 29.2 Å². The molecule has 40 heavy (non-hydrogen) atoms. The van der Waals surface area contributed by atoms with Gasteiger partial charge in [0.1, 0.15) is 17.3 Å². The van der Waals surface area contributed by atoms with E-state index >= 15 is 0 Å². The van der Waals surface area contributed by atoms with Gasteiger partial charge in [-0.25, -0.2) is 0 Å². The Kier molecular flexibility index (Phi) is 9.47. The van der Waals surface area contributed by atoms with Gasteiger partial charge in [-0.3, -0.25) is 14.5 Å². The average Bonchev–Trinajstić information content (AvgIpc) is 3.16. The summed E-state index contributed by atoms with van der Waals surface area (Å²) in [6.07, 6.45) is 1.58. The van der Waals surface area contributed by atoms with Crippen molar-refractivity contribution in [2.24, 2.45) is 0 Å². The first-order valence-corrected chi connectivity index (χ1v) is 15.7. The minimum atomic E-state index is -4.11. The largest absolute Gasteiger partial charge is 0.491 e. The number of thioether (sulfide) groups is 1. The minimum absolute atomic E-state index is 0.0237. The summed E-state index contributed by atoms with van der Waals surface area (Å²) in [7, 11) is -4.11. The summed E-state index contributed by atoms with van der Waals surface area (Å²) in [5, 5.41) is -0.385. The van der Waals surface area contributed by atoms with E-state index in [1.54, 1.807) is 37.3 Å². The van der Waals surface area contributed by atoms with Gasteiger partial charge in [0.2, 0.25) is 0 Å². The predicted molar refractivity (Wildman–Crippen MR) is 163 cm³/mol. The Labute approximate surface area is 252 Å². The van der Waals surface area contributed by atoms with Gasteiger partial charge in [-0.05, 0) is 115 Å². The topological polar surface area (TPSA) is 99.2 Å². The molecule has 2 amide bonds. The standard InChI is InChI=1S/C29H28INO7S2/c1-5-36-25-16-21(15-23(30)27(25)38-40(34,35)22-10-7-18(2)8-11-22)17-26-28(32)31(29(33)39-26)12-13-37-24-14-19(3)6-9-20(24)4/h6-11,14-17H,5,12-13H2,1-4H3/b26-17-. The summed E-state index contributed by atoms with van der Waals surface area (Å²) in [4.78, 5) is 27.1. The number of halogens is 1. The fourth-order valence-electron chi connectivity index (χ4n) is 3.83. The lowest BCUT2D eigenvalue weighted by Gasteiger charge is -2.15. The zero-order valence-corrected chi connectivity index (χ0v) is 26.2. The molecule has 3 aromatic rings. The number of amides is 2. The summed E-state index contributed by atoms with van der Waals surface area (Å²) in [5.41, 5.74) is 3.51. The van der Waals surface area contributed by atoms with Crippen LogP contribution in [0.5, 0.6) is 17.2 Å². The van der Waals surface area contributed by atoms with E-state index in [-0.39, 0.29) is 46.3 Å². The molecule has 0 unspecified atom stereocenters. The molecule has 0 N–H and O–H groups in total. The number of ether oxygens (including phenoxy) is 2. The van der Waals surface area contributed by atoms with E-state index < -0.39 is 16.0 Å². The number of carbonyl (C=O) groups excluding carboxylic acids is 2. The van der Waals surface area contributed by atoms with Crippen molar-refractivity contribution in [1.82, 2.24) is 4.90 Å². The van der Waals surface area contributed by atoms with Crippen molar-refractivity contribution in [3.8, 4) is 17.2 Å². The Morgan fingerprint density at radius 1 is 0.925 bits per heavy atom. The Hall–Kier alpha value is -3.03. The maximum atomic E-state index is 13.0. The van der Waals surface area contributed by atoms with Crippen molar-refractivity contribution in [2.45, 2.75) is 32.6 Å². The van der Waals surface area contributed by atoms with Gasteiger partial charge in [-0.15, -0.1) is 0 Å². The molecule has 1 saturated heterocycles. The van der Waals surface area contributed by atoms with Crippen molar-refractivity contribution >= 4 is 61.7 Å². The summed E-state index contributed by atoms with van der Waals surface area (Å²) < 4.78 is 43.3. The van der Waals surface area contributed by atoms with Gasteiger partial charge in [0.25, 0.3) is 11.1 Å². The second-order valence-corrected chi connectivity index (χ2v) is 12.8. The van der Waals surface area contributed by atoms with Gasteiger partial charge in [0, 0.05) is 0 Å². The SMILES string of the molecule is CCOc1cc(/C=C2\SC(=O)N(CCOc3cc(C)ccc3C)C2=O)cc(I)c1OS(=O)(=O)c1ccc(C)cc1. The fourth-order valence-corrected chi connectivity index (χ4v) is 6.54. The van der Waals surface area contributed by atoms with Crippen LogP contribution < -0.4 is 13.7 Å². The van der Waals surface area contributed by atoms with Crippen LogP contribution in [0.25, 0.3) is 6.08 Å². The number of aryl methyl sites for hydroxylation is 3. The molecule has 0 bridgehead atoms. The lowest BCUT2D eigenvalue weighted by atomic mass is 10.1. The van der Waals surface area contributed by atoms with E-state index in [9.17, 15) is 18.0 Å². The summed E-state index contributed by atoms with van der Waals surface area (Å²) >= 11 is 2.80. The molecule has 0 spiro atoms. The quantitative estimate of drug-likeness (QED) is 0.135. The fraction of sp³-hybridized carbons (Fsp3) is 0.241. The van der Waals surface area contributed by atoms with Crippen LogP contribution >= 0.6 is 34.4 Å². The number of hydrogen-bond acceptors (Lipinski definition) is 8. The summed E-state index contributed by atoms with van der Waals surface area (Å²) in [5.74, 6) is 0.552. The van der Waals surface area contributed by atoms with Gasteiger partial charge in [-0.2, -0.15) is 8.42 Å². The number of hydrogen-bond donors (Lipinski definition) is 0. The summed E-state index contributed by atoms with van der Waals surface area (Å²) in [6.45, 7) is 8.07. The Bertz CT molecular complexity index is 1580. The van der Waals surface area contributed by atoms with Crippen LogP contribution in [0.15, 0.2) is 64.4 Å². The van der Waals surface area contributed by atoms with Crippen LogP contribution in [0.3, 0.4) is 0 Å². The Morgan fingerprint density at radius 2 is 1.62 bits per heavy atom. The van der Waals surface area contributed by atoms with Gasteiger partial charge in [0.15, 0.2) is 11.5 Å². The first-order valence-electron chi connectivity index (χ1n) is 12.4. The summed E-state index contributed by atoms with van der Waals surface area (Å²) in [6, 6.07) is 15.5. The van der Waals surface area contributed by atoms with E-state index in [0.717, 1.165) is 33.4 Å². The smallest absolute Gasteiger partial charge is 0.339 e. The van der Waals surface area contributed by atoms with Crippen molar-refractivity contribution < 1.29 is 31.7 Å². The Balaban J connectivity index is 1.52. The lowest BCUT2D eigenvalue weighted by molar-refractivity contribution is -0.123. The minimum Gasteiger partial charge on any atom is -0.491 e. The van der Waals surface area contributed by atoms with Crippen LogP contribution in [-0.2, 0) is 14.9 Å². The highest BCUT2D eigenvalue weighted by molar-refractivity contribution is 14.1.